The summed E-state index contributed by atoms with van der Waals surface area (Å²) in [6.45, 7) is 1.25. The van der Waals surface area contributed by atoms with Crippen molar-refractivity contribution in [3.63, 3.8) is 0 Å². The van der Waals surface area contributed by atoms with E-state index in [2.05, 4.69) is 10.9 Å². The summed E-state index contributed by atoms with van der Waals surface area (Å²) in [5.41, 5.74) is -0.604. The van der Waals surface area contributed by atoms with E-state index in [0.717, 1.165) is 0 Å². The molecule has 0 N–H and O–H groups in total. The van der Waals surface area contributed by atoms with Crippen molar-refractivity contribution in [3.8, 4) is 23.5 Å². The number of terminal acetylenes is 1. The average Bonchev–Trinajstić information content (AvgIpc) is 3.03. The van der Waals surface area contributed by atoms with E-state index in [9.17, 15) is 14.0 Å². The second-order valence-electron chi connectivity index (χ2n) is 7.10. The van der Waals surface area contributed by atoms with Gasteiger partial charge in [0.05, 0.1) is 39.7 Å². The minimum absolute atomic E-state index is 0.0183. The van der Waals surface area contributed by atoms with Gasteiger partial charge < -0.3 is 4.90 Å². The summed E-state index contributed by atoms with van der Waals surface area (Å²) in [5.74, 6) is 2.25. The Morgan fingerprint density at radius 2 is 2.10 bits per heavy atom. The molecule has 29 heavy (non-hydrogen) atoms. The number of thiophene rings is 1. The van der Waals surface area contributed by atoms with Crippen LogP contribution in [0.1, 0.15) is 11.8 Å². The van der Waals surface area contributed by atoms with Crippen LogP contribution in [-0.2, 0) is 11.3 Å². The number of fused-ring (bicyclic) bond motifs is 1. The molecule has 148 valence electrons. The number of hydrogen-bond acceptors (Lipinski definition) is 4. The van der Waals surface area contributed by atoms with Crippen LogP contribution in [0.3, 0.4) is 0 Å². The first-order chi connectivity index (χ1) is 13.7. The van der Waals surface area contributed by atoms with E-state index in [1.807, 2.05) is 0 Å². The Bertz CT molecular complexity index is 1250. The molecule has 1 fully saturated rings. The number of rotatable bonds is 3. The number of nitrogens with zero attached hydrogens (tertiary/aromatic N) is 3. The molecule has 4 rings (SSSR count). The largest absolute Gasteiger partial charge is 0.335 e. The fraction of sp³-hybridized carbons (Fsp3) is 0.250. The first-order valence-electron chi connectivity index (χ1n) is 8.61. The van der Waals surface area contributed by atoms with Crippen LogP contribution < -0.4 is 5.56 Å². The molecule has 3 heterocycles. The van der Waals surface area contributed by atoms with Crippen LogP contribution in [0.25, 0.3) is 21.3 Å². The van der Waals surface area contributed by atoms with Crippen molar-refractivity contribution in [2.45, 2.75) is 19.1 Å². The zero-order chi connectivity index (χ0) is 20.9. The van der Waals surface area contributed by atoms with Crippen molar-refractivity contribution in [2.75, 3.05) is 13.1 Å². The zero-order valence-corrected chi connectivity index (χ0v) is 17.5. The van der Waals surface area contributed by atoms with Crippen molar-refractivity contribution in [2.24, 2.45) is 0 Å². The number of aromatic nitrogens is 2. The molecule has 0 unspecified atom stereocenters. The molecule has 0 saturated carbocycles. The second-order valence-corrected chi connectivity index (χ2v) is 8.91. The molecule has 2 aromatic heterocycles. The van der Waals surface area contributed by atoms with E-state index in [4.69, 9.17) is 29.6 Å². The minimum atomic E-state index is -1.38. The van der Waals surface area contributed by atoms with Crippen LogP contribution in [0.4, 0.5) is 4.39 Å². The zero-order valence-electron chi connectivity index (χ0n) is 15.2. The Morgan fingerprint density at radius 1 is 1.38 bits per heavy atom. The van der Waals surface area contributed by atoms with Gasteiger partial charge in [0.1, 0.15) is 17.0 Å². The summed E-state index contributed by atoms with van der Waals surface area (Å²) in [6.07, 6.45) is 6.96. The summed E-state index contributed by atoms with van der Waals surface area (Å²) in [6, 6.07) is 4.98. The van der Waals surface area contributed by atoms with Gasteiger partial charge in [-0.2, -0.15) is 0 Å². The van der Waals surface area contributed by atoms with Gasteiger partial charge in [0, 0.05) is 5.56 Å². The third-order valence-electron chi connectivity index (χ3n) is 4.72. The molecule has 0 radical (unpaired) electrons. The standard InChI is InChI=1S/C20H14Cl2FN3O2S/c1-3-14-16(11-4-5-12(21)13(22)6-11)17-18(29-14)24-10-25(19(17)28)7-15(27)26-8-20(2,23)9-26/h1,4-6,10H,7-9H2,2H3. The predicted octanol–water partition coefficient (Wildman–Crippen LogP) is 3.98. The highest BCUT2D eigenvalue weighted by Crippen LogP contribution is 2.38. The number of carbonyl (C=O) groups is 1. The number of likely N-dealkylation sites (tertiary alicyclic amines) is 1. The van der Waals surface area contributed by atoms with E-state index in [-0.39, 0.29) is 25.5 Å². The smallest absolute Gasteiger partial charge is 0.263 e. The highest BCUT2D eigenvalue weighted by molar-refractivity contribution is 7.19. The van der Waals surface area contributed by atoms with E-state index in [1.165, 1.54) is 34.1 Å². The summed E-state index contributed by atoms with van der Waals surface area (Å²) in [5, 5.41) is 1.03. The highest BCUT2D eigenvalue weighted by Gasteiger charge is 2.41. The number of benzene rings is 1. The van der Waals surface area contributed by atoms with Gasteiger partial charge in [0.15, 0.2) is 0 Å². The Hall–Kier alpha value is -2.40. The third kappa shape index (κ3) is 3.52. The van der Waals surface area contributed by atoms with E-state index in [0.29, 0.717) is 36.3 Å². The molecule has 1 aliphatic rings. The third-order valence-corrected chi connectivity index (χ3v) is 6.49. The average molecular weight is 450 g/mol. The van der Waals surface area contributed by atoms with Gasteiger partial charge in [-0.15, -0.1) is 17.8 Å². The van der Waals surface area contributed by atoms with Gasteiger partial charge >= 0.3 is 0 Å². The highest BCUT2D eigenvalue weighted by atomic mass is 35.5. The number of halogens is 3. The maximum Gasteiger partial charge on any atom is 0.263 e. The van der Waals surface area contributed by atoms with Gasteiger partial charge in [-0.25, -0.2) is 9.37 Å². The fourth-order valence-corrected chi connectivity index (χ4v) is 4.60. The summed E-state index contributed by atoms with van der Waals surface area (Å²) in [7, 11) is 0. The van der Waals surface area contributed by atoms with E-state index < -0.39 is 11.2 Å². The second kappa shape index (κ2) is 7.13. The van der Waals surface area contributed by atoms with E-state index in [1.54, 1.807) is 18.2 Å². The lowest BCUT2D eigenvalue weighted by Crippen LogP contribution is -2.60. The monoisotopic (exact) mass is 449 g/mol. The molecular weight excluding hydrogens is 436 g/mol. The van der Waals surface area contributed by atoms with Crippen molar-refractivity contribution in [3.05, 3.63) is 49.8 Å². The lowest BCUT2D eigenvalue weighted by Gasteiger charge is -2.42. The molecule has 0 atom stereocenters. The molecule has 0 spiro atoms. The summed E-state index contributed by atoms with van der Waals surface area (Å²) < 4.78 is 14.9. The summed E-state index contributed by atoms with van der Waals surface area (Å²) >= 11 is 13.3. The Morgan fingerprint density at radius 3 is 2.72 bits per heavy atom. The molecular formula is C20H14Cl2FN3O2S. The van der Waals surface area contributed by atoms with Gasteiger partial charge in [0.25, 0.3) is 5.56 Å². The van der Waals surface area contributed by atoms with Crippen LogP contribution >= 0.6 is 34.5 Å². The van der Waals surface area contributed by atoms with Crippen LogP contribution in [0, 0.1) is 12.3 Å². The van der Waals surface area contributed by atoms with Crippen molar-refractivity contribution in [1.82, 2.24) is 14.5 Å². The molecule has 5 nitrogen and oxygen atoms in total. The maximum absolute atomic E-state index is 13.7. The van der Waals surface area contributed by atoms with Crippen LogP contribution in [0.15, 0.2) is 29.3 Å². The Labute approximate surface area is 179 Å². The maximum atomic E-state index is 13.7. The number of carbonyl (C=O) groups excluding carboxylic acids is 1. The van der Waals surface area contributed by atoms with Gasteiger partial charge in [-0.1, -0.05) is 35.2 Å². The van der Waals surface area contributed by atoms with Gasteiger partial charge in [-0.05, 0) is 24.6 Å². The molecule has 0 bridgehead atoms. The van der Waals surface area contributed by atoms with Crippen molar-refractivity contribution in [1.29, 1.82) is 0 Å². The van der Waals surface area contributed by atoms with Crippen molar-refractivity contribution < 1.29 is 9.18 Å². The molecule has 0 aliphatic carbocycles. The first-order valence-corrected chi connectivity index (χ1v) is 10.2. The number of hydrogen-bond donors (Lipinski definition) is 0. The predicted molar refractivity (Wildman–Crippen MR) is 113 cm³/mol. The molecule has 1 saturated heterocycles. The van der Waals surface area contributed by atoms with Crippen LogP contribution in [-0.4, -0.2) is 39.1 Å². The number of amides is 1. The normalized spacial score (nSPS) is 15.2. The lowest BCUT2D eigenvalue weighted by molar-refractivity contribution is -0.144. The van der Waals surface area contributed by atoms with Crippen LogP contribution in [0.5, 0.6) is 0 Å². The first kappa shape index (κ1) is 19.9. The molecule has 1 aromatic carbocycles. The molecule has 9 heteroatoms. The molecule has 3 aromatic rings. The lowest BCUT2D eigenvalue weighted by atomic mass is 9.99. The minimum Gasteiger partial charge on any atom is -0.335 e. The van der Waals surface area contributed by atoms with Gasteiger partial charge in [0.2, 0.25) is 5.91 Å². The molecule has 1 aliphatic heterocycles. The molecule has 1 amide bonds. The number of alkyl halides is 1. The SMILES string of the molecule is C#Cc1sc2ncn(CC(=O)N3CC(C)(F)C3)c(=O)c2c1-c1ccc(Cl)c(Cl)c1. The van der Waals surface area contributed by atoms with E-state index >= 15 is 0 Å². The summed E-state index contributed by atoms with van der Waals surface area (Å²) in [4.78, 5) is 32.2. The topological polar surface area (TPSA) is 55.2 Å². The van der Waals surface area contributed by atoms with Gasteiger partial charge in [-0.3, -0.25) is 14.2 Å². The quantitative estimate of drug-likeness (QED) is 0.568. The Balaban J connectivity index is 1.79. The fourth-order valence-electron chi connectivity index (χ4n) is 3.34. The Kier molecular flexibility index (Phi) is 4.89. The van der Waals surface area contributed by atoms with Crippen molar-refractivity contribution >= 4 is 50.7 Å². The van der Waals surface area contributed by atoms with Crippen LogP contribution in [0.2, 0.25) is 10.0 Å².